The summed E-state index contributed by atoms with van der Waals surface area (Å²) in [5.41, 5.74) is 0.910. The number of halogens is 3. The molecule has 0 spiro atoms. The third kappa shape index (κ3) is 7.59. The number of nitrogens with one attached hydrogen (secondary N) is 1. The van der Waals surface area contributed by atoms with Gasteiger partial charge in [-0.25, -0.2) is 0 Å². The predicted molar refractivity (Wildman–Crippen MR) is 77.3 cm³/mol. The van der Waals surface area contributed by atoms with Gasteiger partial charge in [-0.1, -0.05) is 12.1 Å². The van der Waals surface area contributed by atoms with Gasteiger partial charge in [-0.15, -0.1) is 17.9 Å². The van der Waals surface area contributed by atoms with Gasteiger partial charge in [-0.3, -0.25) is 0 Å². The summed E-state index contributed by atoms with van der Waals surface area (Å²) < 4.78 is 54.2. The van der Waals surface area contributed by atoms with Crippen LogP contribution in [0.25, 0.3) is 0 Å². The maximum atomic E-state index is 12.0. The van der Waals surface area contributed by atoms with Crippen LogP contribution >= 0.6 is 0 Å². The van der Waals surface area contributed by atoms with Crippen molar-refractivity contribution in [3.05, 3.63) is 29.8 Å². The van der Waals surface area contributed by atoms with E-state index in [2.05, 4.69) is 9.46 Å². The summed E-state index contributed by atoms with van der Waals surface area (Å²) >= 11 is -1.11. The van der Waals surface area contributed by atoms with E-state index in [4.69, 9.17) is 0 Å². The van der Waals surface area contributed by atoms with Gasteiger partial charge in [0, 0.05) is 17.9 Å². The van der Waals surface area contributed by atoms with Gasteiger partial charge in [-0.05, 0) is 51.3 Å². The van der Waals surface area contributed by atoms with Crippen LogP contribution in [0.3, 0.4) is 0 Å². The normalized spacial score (nSPS) is 14.0. The zero-order valence-corrected chi connectivity index (χ0v) is 13.1. The topological polar surface area (TPSA) is 44.3 Å². The Morgan fingerprint density at radius 2 is 1.71 bits per heavy atom. The van der Waals surface area contributed by atoms with Crippen molar-refractivity contribution in [2.24, 2.45) is 0 Å². The van der Waals surface area contributed by atoms with E-state index in [0.29, 0.717) is 13.0 Å². The molecule has 7 heteroatoms. The molecule has 0 aliphatic heterocycles. The Bertz CT molecular complexity index is 429. The number of benzene rings is 1. The minimum Gasteiger partial charge on any atom is -0.598 e. The minimum absolute atomic E-state index is 0.224. The fourth-order valence-corrected chi connectivity index (χ4v) is 2.29. The molecule has 0 amide bonds. The fraction of sp³-hybridized carbons (Fsp3) is 0.571. The van der Waals surface area contributed by atoms with Crippen molar-refractivity contribution in [3.63, 3.8) is 0 Å². The monoisotopic (exact) mass is 323 g/mol. The van der Waals surface area contributed by atoms with Crippen molar-refractivity contribution < 1.29 is 22.5 Å². The lowest BCUT2D eigenvalue weighted by Gasteiger charge is -2.23. The maximum Gasteiger partial charge on any atom is 0.573 e. The van der Waals surface area contributed by atoms with E-state index in [1.165, 1.54) is 12.1 Å². The fourth-order valence-electron chi connectivity index (χ4n) is 1.53. The molecule has 0 aliphatic carbocycles. The third-order valence-corrected chi connectivity index (χ3v) is 4.17. The lowest BCUT2D eigenvalue weighted by molar-refractivity contribution is -0.274. The summed E-state index contributed by atoms with van der Waals surface area (Å²) in [4.78, 5) is 0. The van der Waals surface area contributed by atoms with Crippen LogP contribution in [0, 0.1) is 0 Å². The highest BCUT2D eigenvalue weighted by Gasteiger charge is 2.31. The first-order chi connectivity index (χ1) is 9.58. The molecule has 120 valence electrons. The van der Waals surface area contributed by atoms with Crippen molar-refractivity contribution in [2.45, 2.75) is 44.7 Å². The van der Waals surface area contributed by atoms with Gasteiger partial charge in [-0.2, -0.15) is 0 Å². The summed E-state index contributed by atoms with van der Waals surface area (Å²) in [5.74, 6) is -0.224. The molecule has 0 saturated carbocycles. The van der Waals surface area contributed by atoms with E-state index < -0.39 is 17.7 Å². The van der Waals surface area contributed by atoms with Crippen molar-refractivity contribution in [2.75, 3.05) is 6.54 Å². The van der Waals surface area contributed by atoms with Crippen LogP contribution in [0.1, 0.15) is 32.8 Å². The molecule has 1 aromatic carbocycles. The summed E-state index contributed by atoms with van der Waals surface area (Å²) in [7, 11) is 0. The molecule has 0 fully saturated rings. The largest absolute Gasteiger partial charge is 0.598 e. The second kappa shape index (κ2) is 7.38. The number of rotatable bonds is 6. The highest BCUT2D eigenvalue weighted by atomic mass is 32.2. The molecule has 1 unspecified atom stereocenters. The standard InChI is InChI=1S/C14H20F3NO2S/c1-13(2,3)21(19)18-10-4-5-11-6-8-12(9-7-11)20-14(15,16)17/h6-9,18H,4-5,10H2,1-3H3. The smallest absolute Gasteiger partial charge is 0.573 e. The minimum atomic E-state index is -4.66. The van der Waals surface area contributed by atoms with E-state index in [-0.39, 0.29) is 10.5 Å². The lowest BCUT2D eigenvalue weighted by atomic mass is 10.1. The van der Waals surface area contributed by atoms with Crippen molar-refractivity contribution in [1.82, 2.24) is 4.72 Å². The molecule has 0 saturated heterocycles. The summed E-state index contributed by atoms with van der Waals surface area (Å²) in [6, 6.07) is 5.79. The molecule has 1 atom stereocenters. The third-order valence-electron chi connectivity index (χ3n) is 2.59. The Balaban J connectivity index is 2.33. The van der Waals surface area contributed by atoms with E-state index >= 15 is 0 Å². The van der Waals surface area contributed by atoms with Crippen LogP contribution in [0.2, 0.25) is 0 Å². The average Bonchev–Trinajstić information content (AvgIpc) is 2.33. The molecular formula is C14H20F3NO2S. The van der Waals surface area contributed by atoms with Gasteiger partial charge in [0.2, 0.25) is 0 Å². The maximum absolute atomic E-state index is 12.0. The highest BCUT2D eigenvalue weighted by Crippen LogP contribution is 2.23. The van der Waals surface area contributed by atoms with Crippen LogP contribution in [0.4, 0.5) is 13.2 Å². The number of ether oxygens (including phenoxy) is 1. The number of hydrogen-bond acceptors (Lipinski definition) is 3. The Hall–Kier alpha value is -0.920. The molecule has 21 heavy (non-hydrogen) atoms. The van der Waals surface area contributed by atoms with Gasteiger partial charge in [0.25, 0.3) is 0 Å². The first-order valence-electron chi connectivity index (χ1n) is 6.58. The second-order valence-corrected chi connectivity index (χ2v) is 7.62. The van der Waals surface area contributed by atoms with Crippen LogP contribution in [0.15, 0.2) is 24.3 Å². The van der Waals surface area contributed by atoms with Crippen molar-refractivity contribution >= 4 is 11.4 Å². The molecule has 1 rings (SSSR count). The summed E-state index contributed by atoms with van der Waals surface area (Å²) in [5, 5.41) is 0. The van der Waals surface area contributed by atoms with Crippen LogP contribution in [0.5, 0.6) is 5.75 Å². The lowest BCUT2D eigenvalue weighted by Crippen LogP contribution is -2.39. The van der Waals surface area contributed by atoms with Crippen LogP contribution in [-0.4, -0.2) is 22.2 Å². The van der Waals surface area contributed by atoms with Crippen LogP contribution in [-0.2, 0) is 17.8 Å². The number of aryl methyl sites for hydroxylation is 1. The Morgan fingerprint density at radius 1 is 1.14 bits per heavy atom. The molecule has 0 aliphatic rings. The van der Waals surface area contributed by atoms with Gasteiger partial charge in [0.1, 0.15) is 10.5 Å². The highest BCUT2D eigenvalue weighted by molar-refractivity contribution is 7.90. The number of hydrogen-bond donors (Lipinski definition) is 1. The molecule has 1 aromatic rings. The molecule has 3 nitrogen and oxygen atoms in total. The van der Waals surface area contributed by atoms with E-state index in [9.17, 15) is 17.7 Å². The Kier molecular flexibility index (Phi) is 6.37. The zero-order chi connectivity index (χ0) is 16.1. The van der Waals surface area contributed by atoms with Gasteiger partial charge in [0.15, 0.2) is 0 Å². The first-order valence-corrected chi connectivity index (χ1v) is 7.73. The van der Waals surface area contributed by atoms with Crippen LogP contribution < -0.4 is 9.46 Å². The molecule has 0 bridgehead atoms. The number of alkyl halides is 3. The molecule has 0 radical (unpaired) electrons. The van der Waals surface area contributed by atoms with E-state index in [1.54, 1.807) is 12.1 Å². The molecule has 1 N–H and O–H groups in total. The van der Waals surface area contributed by atoms with E-state index in [1.807, 2.05) is 20.8 Å². The summed E-state index contributed by atoms with van der Waals surface area (Å²) in [6.45, 7) is 6.24. The average molecular weight is 323 g/mol. The quantitative estimate of drug-likeness (QED) is 0.643. The van der Waals surface area contributed by atoms with E-state index in [0.717, 1.165) is 12.0 Å². The van der Waals surface area contributed by atoms with Gasteiger partial charge in [0.05, 0.1) is 0 Å². The van der Waals surface area contributed by atoms with Crippen molar-refractivity contribution in [1.29, 1.82) is 0 Å². The van der Waals surface area contributed by atoms with Gasteiger partial charge >= 0.3 is 6.36 Å². The SMILES string of the molecule is CC(C)(C)[S+]([O-])NCCCc1ccc(OC(F)(F)F)cc1. The molecule has 0 aromatic heterocycles. The van der Waals surface area contributed by atoms with Crippen molar-refractivity contribution in [3.8, 4) is 5.75 Å². The zero-order valence-electron chi connectivity index (χ0n) is 12.3. The Labute approximate surface area is 126 Å². The first kappa shape index (κ1) is 18.1. The molecular weight excluding hydrogens is 303 g/mol. The summed E-state index contributed by atoms with van der Waals surface area (Å²) in [6.07, 6.45) is -3.22. The Morgan fingerprint density at radius 3 is 2.19 bits per heavy atom. The predicted octanol–water partition coefficient (Wildman–Crippen LogP) is 3.57. The molecule has 0 heterocycles. The van der Waals surface area contributed by atoms with Gasteiger partial charge < -0.3 is 9.29 Å². The second-order valence-electron chi connectivity index (χ2n) is 5.57.